The standard InChI is InChI=1S/C25H30ClN5O4/c1-17(33)31-9-6-21(7-10-31)35-24-12-23(25(34)30-14-18-2-4-20(26)5-3-18)29-16-22(24)19(13-27)15-28-8-11-32/h2-5,12-13,15-16,21,27-28,32H,6-11,14H2,1H3,(H,30,34)/b19-15+,27-13?. The highest BCUT2D eigenvalue weighted by Gasteiger charge is 2.24. The number of aromatic nitrogens is 1. The molecule has 0 radical (unpaired) electrons. The van der Waals surface area contributed by atoms with Crippen molar-refractivity contribution in [2.45, 2.75) is 32.4 Å². The van der Waals surface area contributed by atoms with Crippen molar-refractivity contribution < 1.29 is 19.4 Å². The molecule has 10 heteroatoms. The number of amides is 2. The lowest BCUT2D eigenvalue weighted by molar-refractivity contribution is -0.130. The first-order chi connectivity index (χ1) is 16.9. The molecule has 1 aromatic heterocycles. The highest BCUT2D eigenvalue weighted by atomic mass is 35.5. The minimum absolute atomic E-state index is 0.0386. The molecule has 4 N–H and O–H groups in total. The number of aliphatic hydroxyl groups excluding tert-OH is 1. The van der Waals surface area contributed by atoms with Crippen LogP contribution in [0.15, 0.2) is 42.7 Å². The molecule has 0 atom stereocenters. The minimum Gasteiger partial charge on any atom is -0.489 e. The SMILES string of the molecule is CC(=O)N1CCC(Oc2cc(C(=O)NCc3ccc(Cl)cc3)ncc2/C(C=N)=C/NCCO)CC1. The van der Waals surface area contributed by atoms with Crippen LogP contribution in [0.5, 0.6) is 5.75 Å². The first kappa shape index (κ1) is 26.2. The Kier molecular flexibility index (Phi) is 9.63. The third-order valence-electron chi connectivity index (χ3n) is 5.63. The topological polar surface area (TPSA) is 128 Å². The summed E-state index contributed by atoms with van der Waals surface area (Å²) in [5, 5.41) is 23.3. The molecule has 0 bridgehead atoms. The second-order valence-electron chi connectivity index (χ2n) is 8.12. The number of pyridine rings is 1. The molecule has 3 rings (SSSR count). The molecule has 2 aromatic rings. The summed E-state index contributed by atoms with van der Waals surface area (Å²) in [5.74, 6) is 0.108. The van der Waals surface area contributed by atoms with E-state index in [1.165, 1.54) is 6.20 Å². The van der Waals surface area contributed by atoms with Gasteiger partial charge in [0.25, 0.3) is 5.91 Å². The molecule has 1 aliphatic heterocycles. The smallest absolute Gasteiger partial charge is 0.270 e. The minimum atomic E-state index is -0.360. The summed E-state index contributed by atoms with van der Waals surface area (Å²) in [4.78, 5) is 30.5. The van der Waals surface area contributed by atoms with E-state index in [1.807, 2.05) is 12.1 Å². The van der Waals surface area contributed by atoms with Crippen LogP contribution in [-0.2, 0) is 11.3 Å². The zero-order valence-electron chi connectivity index (χ0n) is 19.6. The number of hydrogen-bond donors (Lipinski definition) is 4. The zero-order valence-corrected chi connectivity index (χ0v) is 20.3. The molecule has 0 aliphatic carbocycles. The molecule has 2 amide bonds. The van der Waals surface area contributed by atoms with Gasteiger partial charge in [0.1, 0.15) is 17.5 Å². The van der Waals surface area contributed by atoms with Gasteiger partial charge >= 0.3 is 0 Å². The number of carbonyl (C=O) groups is 2. The average molecular weight is 500 g/mol. The van der Waals surface area contributed by atoms with Gasteiger partial charge in [-0.05, 0) is 17.7 Å². The molecule has 0 saturated carbocycles. The van der Waals surface area contributed by atoms with Crippen LogP contribution in [0.25, 0.3) is 5.57 Å². The van der Waals surface area contributed by atoms with E-state index in [1.54, 1.807) is 36.2 Å². The number of hydrogen-bond acceptors (Lipinski definition) is 7. The van der Waals surface area contributed by atoms with Crippen molar-refractivity contribution in [2.24, 2.45) is 0 Å². The van der Waals surface area contributed by atoms with Crippen LogP contribution in [0, 0.1) is 5.41 Å². The number of ether oxygens (including phenoxy) is 1. The van der Waals surface area contributed by atoms with Crippen molar-refractivity contribution in [3.8, 4) is 5.75 Å². The average Bonchev–Trinajstić information content (AvgIpc) is 2.87. The molecule has 1 saturated heterocycles. The predicted octanol–water partition coefficient (Wildman–Crippen LogP) is 2.63. The number of piperidine rings is 1. The Morgan fingerprint density at radius 1 is 1.29 bits per heavy atom. The number of allylic oxidation sites excluding steroid dienone is 1. The maximum absolute atomic E-state index is 12.8. The maximum Gasteiger partial charge on any atom is 0.270 e. The second-order valence-corrected chi connectivity index (χ2v) is 8.56. The molecule has 2 heterocycles. The molecule has 1 fully saturated rings. The fourth-order valence-corrected chi connectivity index (χ4v) is 3.79. The van der Waals surface area contributed by atoms with Crippen LogP contribution < -0.4 is 15.4 Å². The van der Waals surface area contributed by atoms with Crippen LogP contribution in [-0.4, -0.2) is 65.4 Å². The Labute approximate surface area is 209 Å². The lowest BCUT2D eigenvalue weighted by Gasteiger charge is -2.32. The number of halogens is 1. The van der Waals surface area contributed by atoms with E-state index in [9.17, 15) is 9.59 Å². The number of aliphatic hydroxyl groups is 1. The van der Waals surface area contributed by atoms with Gasteiger partial charge in [-0.3, -0.25) is 14.6 Å². The van der Waals surface area contributed by atoms with Crippen molar-refractivity contribution in [3.05, 3.63) is 64.6 Å². The fraction of sp³-hybridized carbons (Fsp3) is 0.360. The summed E-state index contributed by atoms with van der Waals surface area (Å²) in [5.41, 5.74) is 2.13. The summed E-state index contributed by atoms with van der Waals surface area (Å²) in [6.45, 7) is 3.34. The van der Waals surface area contributed by atoms with Gasteiger partial charge in [-0.15, -0.1) is 0 Å². The van der Waals surface area contributed by atoms with Gasteiger partial charge in [-0.25, -0.2) is 0 Å². The summed E-state index contributed by atoms with van der Waals surface area (Å²) >= 11 is 5.92. The number of carbonyl (C=O) groups excluding carboxylic acids is 2. The summed E-state index contributed by atoms with van der Waals surface area (Å²) < 4.78 is 6.28. The first-order valence-corrected chi connectivity index (χ1v) is 11.8. The van der Waals surface area contributed by atoms with Crippen LogP contribution in [0.2, 0.25) is 5.02 Å². The Balaban J connectivity index is 1.80. The molecule has 9 nitrogen and oxygen atoms in total. The number of nitrogens with zero attached hydrogens (tertiary/aromatic N) is 2. The van der Waals surface area contributed by atoms with Crippen LogP contribution >= 0.6 is 11.6 Å². The number of nitrogens with one attached hydrogen (secondary N) is 3. The fourth-order valence-electron chi connectivity index (χ4n) is 3.66. The second kappa shape index (κ2) is 12.9. The molecule has 35 heavy (non-hydrogen) atoms. The highest BCUT2D eigenvalue weighted by Crippen LogP contribution is 2.28. The lowest BCUT2D eigenvalue weighted by atomic mass is 10.1. The van der Waals surface area contributed by atoms with Gasteiger partial charge in [0.05, 0.1) is 6.61 Å². The Bertz CT molecular complexity index is 1070. The van der Waals surface area contributed by atoms with Crippen LogP contribution in [0.3, 0.4) is 0 Å². The largest absolute Gasteiger partial charge is 0.489 e. The third-order valence-corrected chi connectivity index (χ3v) is 5.88. The first-order valence-electron chi connectivity index (χ1n) is 11.4. The molecule has 0 unspecified atom stereocenters. The molecule has 1 aromatic carbocycles. The van der Waals surface area contributed by atoms with Crippen molar-refractivity contribution >= 4 is 35.2 Å². The molecule has 1 aliphatic rings. The van der Waals surface area contributed by atoms with Crippen molar-refractivity contribution in [2.75, 3.05) is 26.2 Å². The highest BCUT2D eigenvalue weighted by molar-refractivity contribution is 6.30. The van der Waals surface area contributed by atoms with Crippen LogP contribution in [0.4, 0.5) is 0 Å². The van der Waals surface area contributed by atoms with Crippen molar-refractivity contribution in [3.63, 3.8) is 0 Å². The van der Waals surface area contributed by atoms with Crippen molar-refractivity contribution in [1.82, 2.24) is 20.5 Å². The Morgan fingerprint density at radius 3 is 2.63 bits per heavy atom. The number of rotatable bonds is 10. The lowest BCUT2D eigenvalue weighted by Crippen LogP contribution is -2.40. The number of benzene rings is 1. The molecule has 0 spiro atoms. The summed E-state index contributed by atoms with van der Waals surface area (Å²) in [6, 6.07) is 8.77. The molecule has 186 valence electrons. The van der Waals surface area contributed by atoms with Gasteiger partial charge in [0, 0.05) is 86.8 Å². The summed E-state index contributed by atoms with van der Waals surface area (Å²) in [7, 11) is 0. The van der Waals surface area contributed by atoms with Crippen molar-refractivity contribution in [1.29, 1.82) is 5.41 Å². The van der Waals surface area contributed by atoms with E-state index in [0.717, 1.165) is 11.8 Å². The van der Waals surface area contributed by atoms with E-state index in [2.05, 4.69) is 15.6 Å². The Morgan fingerprint density at radius 2 is 2.00 bits per heavy atom. The van der Waals surface area contributed by atoms with Gasteiger partial charge in [-0.2, -0.15) is 0 Å². The van der Waals surface area contributed by atoms with E-state index in [-0.39, 0.29) is 30.2 Å². The van der Waals surface area contributed by atoms with Crippen LogP contribution in [0.1, 0.15) is 41.4 Å². The van der Waals surface area contributed by atoms with E-state index in [4.69, 9.17) is 26.9 Å². The van der Waals surface area contributed by atoms with E-state index in [0.29, 0.717) is 60.9 Å². The molecular weight excluding hydrogens is 470 g/mol. The number of likely N-dealkylation sites (tertiary alicyclic amines) is 1. The van der Waals surface area contributed by atoms with Gasteiger partial charge < -0.3 is 30.8 Å². The summed E-state index contributed by atoms with van der Waals surface area (Å²) in [6.07, 6.45) is 5.44. The van der Waals surface area contributed by atoms with Gasteiger partial charge in [-0.1, -0.05) is 23.7 Å². The van der Waals surface area contributed by atoms with E-state index >= 15 is 0 Å². The van der Waals surface area contributed by atoms with Gasteiger partial charge in [0.15, 0.2) is 0 Å². The van der Waals surface area contributed by atoms with E-state index < -0.39 is 0 Å². The quantitative estimate of drug-likeness (QED) is 0.294. The van der Waals surface area contributed by atoms with Gasteiger partial charge in [0.2, 0.25) is 5.91 Å². The molecular formula is C25H30ClN5O4. The monoisotopic (exact) mass is 499 g/mol. The zero-order chi connectivity index (χ0) is 25.2. The maximum atomic E-state index is 12.8. The Hall–Kier alpha value is -3.43. The third kappa shape index (κ3) is 7.53. The predicted molar refractivity (Wildman–Crippen MR) is 135 cm³/mol. The normalized spacial score (nSPS) is 14.4.